The van der Waals surface area contributed by atoms with Crippen LogP contribution in [0.25, 0.3) is 0 Å². The fraction of sp³-hybridized carbons (Fsp3) is 0.708. The molecule has 220 valence electrons. The molecule has 0 radical (unpaired) electrons. The molecule has 0 aliphatic carbocycles. The van der Waals surface area contributed by atoms with Gasteiger partial charge in [-0.2, -0.15) is 8.78 Å². The first kappa shape index (κ1) is 34.2. The van der Waals surface area contributed by atoms with Gasteiger partial charge in [0.05, 0.1) is 71.6 Å². The molecule has 0 saturated heterocycles. The minimum Gasteiger partial charge on any atom is -0.491 e. The molecule has 0 aliphatic rings. The van der Waals surface area contributed by atoms with Gasteiger partial charge in [0.2, 0.25) is 6.17 Å². The van der Waals surface area contributed by atoms with E-state index in [2.05, 4.69) is 17.4 Å². The number of carbonyl (C=O) groups is 1. The second-order valence-electron chi connectivity index (χ2n) is 7.48. The maximum atomic E-state index is 13.4. The number of thiol groups is 1. The minimum absolute atomic E-state index is 0.0768. The van der Waals surface area contributed by atoms with Gasteiger partial charge in [-0.15, -0.1) is 12.6 Å². The zero-order valence-electron chi connectivity index (χ0n) is 21.7. The Morgan fingerprint density at radius 2 is 1.13 bits per heavy atom. The summed E-state index contributed by atoms with van der Waals surface area (Å²) in [5.41, 5.74) is -0.0768. The van der Waals surface area contributed by atoms with Crippen LogP contribution in [0.5, 0.6) is 11.5 Å². The first-order valence-corrected chi connectivity index (χ1v) is 12.3. The average Bonchev–Trinajstić information content (AvgIpc) is 2.89. The molecular weight excluding hydrogens is 537 g/mol. The van der Waals surface area contributed by atoms with Crippen LogP contribution in [0.4, 0.5) is 13.2 Å². The zero-order valence-corrected chi connectivity index (χ0v) is 22.6. The number of ether oxygens (including phenoxy) is 9. The van der Waals surface area contributed by atoms with Crippen molar-refractivity contribution in [2.75, 3.05) is 100 Å². The molecule has 0 heterocycles. The minimum atomic E-state index is -3.94. The number of esters is 1. The SMILES string of the molecule is COCCOCCOCCOc1cc(OCCOCCOCCOC)cc(C(=O)OCC(F)C(F)(F)S)c1. The molecule has 1 aromatic carbocycles. The van der Waals surface area contributed by atoms with E-state index < -0.39 is 24.0 Å². The van der Waals surface area contributed by atoms with Gasteiger partial charge in [-0.25, -0.2) is 9.18 Å². The highest BCUT2D eigenvalue weighted by molar-refractivity contribution is 7.81. The molecule has 0 fully saturated rings. The monoisotopic (exact) mass is 574 g/mol. The van der Waals surface area contributed by atoms with Crippen LogP contribution < -0.4 is 9.47 Å². The van der Waals surface area contributed by atoms with Crippen LogP contribution in [-0.2, 0) is 33.2 Å². The molecule has 0 N–H and O–H groups in total. The van der Waals surface area contributed by atoms with Crippen molar-refractivity contribution in [3.05, 3.63) is 23.8 Å². The second kappa shape index (κ2) is 21.1. The number of hydrogen-bond donors (Lipinski definition) is 1. The predicted molar refractivity (Wildman–Crippen MR) is 134 cm³/mol. The Morgan fingerprint density at radius 1 is 0.737 bits per heavy atom. The van der Waals surface area contributed by atoms with Gasteiger partial charge in [-0.05, 0) is 12.1 Å². The first-order valence-electron chi connectivity index (χ1n) is 11.9. The van der Waals surface area contributed by atoms with E-state index in [1.54, 1.807) is 14.2 Å². The topological polar surface area (TPSA) is 100 Å². The second-order valence-corrected chi connectivity index (χ2v) is 8.08. The number of carbonyl (C=O) groups excluding carboxylic acids is 1. The fourth-order valence-electron chi connectivity index (χ4n) is 2.55. The molecule has 14 heteroatoms. The van der Waals surface area contributed by atoms with Crippen molar-refractivity contribution in [3.8, 4) is 11.5 Å². The Bertz CT molecular complexity index is 714. The third-order valence-corrected chi connectivity index (χ3v) is 4.73. The van der Waals surface area contributed by atoms with Gasteiger partial charge in [0.25, 0.3) is 0 Å². The normalized spacial score (nSPS) is 12.4. The lowest BCUT2D eigenvalue weighted by atomic mass is 10.2. The van der Waals surface area contributed by atoms with Gasteiger partial charge in [-0.3, -0.25) is 0 Å². The number of benzene rings is 1. The van der Waals surface area contributed by atoms with E-state index in [0.717, 1.165) is 0 Å². The van der Waals surface area contributed by atoms with Gasteiger partial charge >= 0.3 is 11.2 Å². The van der Waals surface area contributed by atoms with E-state index in [1.165, 1.54) is 18.2 Å². The van der Waals surface area contributed by atoms with Crippen molar-refractivity contribution in [1.82, 2.24) is 0 Å². The van der Waals surface area contributed by atoms with Gasteiger partial charge in [0.1, 0.15) is 31.3 Å². The van der Waals surface area contributed by atoms with Gasteiger partial charge in [-0.1, -0.05) is 0 Å². The van der Waals surface area contributed by atoms with E-state index in [9.17, 15) is 18.0 Å². The maximum absolute atomic E-state index is 13.4. The van der Waals surface area contributed by atoms with E-state index >= 15 is 0 Å². The highest BCUT2D eigenvalue weighted by Gasteiger charge is 2.36. The number of halogens is 3. The Labute approximate surface area is 226 Å². The first-order chi connectivity index (χ1) is 18.3. The van der Waals surface area contributed by atoms with Gasteiger partial charge in [0.15, 0.2) is 0 Å². The summed E-state index contributed by atoms with van der Waals surface area (Å²) in [6.45, 7) is 2.98. The van der Waals surface area contributed by atoms with Crippen LogP contribution in [0.2, 0.25) is 0 Å². The van der Waals surface area contributed by atoms with Crippen molar-refractivity contribution in [2.45, 2.75) is 11.4 Å². The van der Waals surface area contributed by atoms with Crippen LogP contribution in [0.3, 0.4) is 0 Å². The van der Waals surface area contributed by atoms with Crippen LogP contribution in [-0.4, -0.2) is 118 Å². The van der Waals surface area contributed by atoms with Gasteiger partial charge < -0.3 is 42.6 Å². The summed E-state index contributed by atoms with van der Waals surface area (Å²) in [6.07, 6.45) is -2.77. The van der Waals surface area contributed by atoms with Crippen molar-refractivity contribution in [1.29, 1.82) is 0 Å². The lowest BCUT2D eigenvalue weighted by molar-refractivity contribution is -0.0229. The molecule has 0 bridgehead atoms. The summed E-state index contributed by atoms with van der Waals surface area (Å²) in [6, 6.07) is 4.17. The predicted octanol–water partition coefficient (Wildman–Crippen LogP) is 2.82. The Kier molecular flexibility index (Phi) is 19.0. The van der Waals surface area contributed by atoms with Gasteiger partial charge in [0, 0.05) is 20.3 Å². The molecule has 1 atom stereocenters. The smallest absolute Gasteiger partial charge is 0.338 e. The molecular formula is C24H37F3O10S. The molecule has 1 rings (SSSR count). The number of rotatable bonds is 24. The van der Waals surface area contributed by atoms with E-state index in [4.69, 9.17) is 37.9 Å². The summed E-state index contributed by atoms with van der Waals surface area (Å²) < 4.78 is 86.3. The van der Waals surface area contributed by atoms with Crippen LogP contribution in [0.15, 0.2) is 18.2 Å². The Balaban J connectivity index is 2.58. The van der Waals surface area contributed by atoms with Crippen LogP contribution >= 0.6 is 12.6 Å². The van der Waals surface area contributed by atoms with Crippen LogP contribution in [0.1, 0.15) is 10.4 Å². The molecule has 0 aliphatic heterocycles. The van der Waals surface area contributed by atoms with Crippen molar-refractivity contribution in [2.24, 2.45) is 0 Å². The summed E-state index contributed by atoms with van der Waals surface area (Å²) in [4.78, 5) is 12.4. The average molecular weight is 575 g/mol. The highest BCUT2D eigenvalue weighted by Crippen LogP contribution is 2.27. The molecule has 1 unspecified atom stereocenters. The third-order valence-electron chi connectivity index (χ3n) is 4.45. The number of methoxy groups -OCH3 is 2. The molecule has 0 amide bonds. The molecule has 10 nitrogen and oxygen atoms in total. The fourth-order valence-corrected chi connectivity index (χ4v) is 2.63. The van der Waals surface area contributed by atoms with Crippen molar-refractivity contribution >= 4 is 18.6 Å². The zero-order chi connectivity index (χ0) is 28.1. The summed E-state index contributed by atoms with van der Waals surface area (Å²) in [7, 11) is 3.16. The Hall–Kier alpha value is -1.81. The Morgan fingerprint density at radius 3 is 1.53 bits per heavy atom. The highest BCUT2D eigenvalue weighted by atomic mass is 32.1. The molecule has 1 aromatic rings. The van der Waals surface area contributed by atoms with Crippen molar-refractivity contribution < 1.29 is 60.6 Å². The molecule has 0 saturated carbocycles. The summed E-state index contributed by atoms with van der Waals surface area (Å²) in [5.74, 6) is -0.564. The lowest BCUT2D eigenvalue weighted by Gasteiger charge is -2.16. The van der Waals surface area contributed by atoms with E-state index in [-0.39, 0.29) is 43.5 Å². The molecule has 38 heavy (non-hydrogen) atoms. The standard InChI is InChI=1S/C24H37F3O10S/c1-29-3-5-31-7-9-33-11-13-35-20-15-19(23(28)37-18-22(25)24(26,27)38)16-21(17-20)36-14-12-34-10-8-32-6-4-30-2/h15-17,22,38H,3-14,18H2,1-2H3. The van der Waals surface area contributed by atoms with Crippen molar-refractivity contribution in [3.63, 3.8) is 0 Å². The largest absolute Gasteiger partial charge is 0.491 e. The number of hydrogen-bond acceptors (Lipinski definition) is 11. The summed E-state index contributed by atoms with van der Waals surface area (Å²) >= 11 is 2.85. The van der Waals surface area contributed by atoms with E-state index in [1.807, 2.05) is 0 Å². The third kappa shape index (κ3) is 16.9. The quantitative estimate of drug-likeness (QED) is 0.113. The van der Waals surface area contributed by atoms with E-state index in [0.29, 0.717) is 52.9 Å². The molecule has 0 spiro atoms. The maximum Gasteiger partial charge on any atom is 0.338 e. The number of alkyl halides is 3. The molecule has 0 aromatic heterocycles. The lowest BCUT2D eigenvalue weighted by Crippen LogP contribution is -2.29. The summed E-state index contributed by atoms with van der Waals surface area (Å²) in [5, 5.41) is -3.94. The van der Waals surface area contributed by atoms with Crippen LogP contribution in [0, 0.1) is 0 Å².